The molecule has 0 radical (unpaired) electrons. The largest absolute Gasteiger partial charge is 0.358 e. The highest BCUT2D eigenvalue weighted by Gasteiger charge is 2.21. The van der Waals surface area contributed by atoms with E-state index in [-0.39, 0.29) is 5.91 Å². The minimum atomic E-state index is 0.0508. The summed E-state index contributed by atoms with van der Waals surface area (Å²) in [6.45, 7) is 7.58. The SMILES string of the molecule is CC1CCN(C(C)CNC(=O)c2ccc3[nH]c4c(c3c2)CCCC4)CC1. The molecule has 26 heavy (non-hydrogen) atoms. The maximum absolute atomic E-state index is 12.7. The van der Waals surface area contributed by atoms with Crippen molar-refractivity contribution in [2.24, 2.45) is 5.92 Å². The van der Waals surface area contributed by atoms with E-state index in [9.17, 15) is 4.79 Å². The van der Waals surface area contributed by atoms with Crippen LogP contribution in [-0.4, -0.2) is 41.5 Å². The van der Waals surface area contributed by atoms with Crippen molar-refractivity contribution in [3.8, 4) is 0 Å². The normalized spacial score (nSPS) is 20.1. The lowest BCUT2D eigenvalue weighted by molar-refractivity contribution is 0.0922. The lowest BCUT2D eigenvalue weighted by atomic mass is 9.95. The van der Waals surface area contributed by atoms with Gasteiger partial charge in [-0.1, -0.05) is 6.92 Å². The molecule has 140 valence electrons. The van der Waals surface area contributed by atoms with Crippen molar-refractivity contribution in [1.82, 2.24) is 15.2 Å². The number of aryl methyl sites for hydroxylation is 2. The second-order valence-corrected chi connectivity index (χ2v) is 8.33. The zero-order chi connectivity index (χ0) is 18.1. The third-order valence-corrected chi connectivity index (χ3v) is 6.36. The van der Waals surface area contributed by atoms with Crippen LogP contribution in [0.15, 0.2) is 18.2 Å². The topological polar surface area (TPSA) is 48.1 Å². The molecule has 1 aliphatic heterocycles. The smallest absolute Gasteiger partial charge is 0.251 e. The predicted molar refractivity (Wildman–Crippen MR) is 107 cm³/mol. The zero-order valence-corrected chi connectivity index (χ0v) is 16.1. The van der Waals surface area contributed by atoms with Gasteiger partial charge in [-0.05, 0) is 88.2 Å². The molecule has 2 aromatic rings. The number of nitrogens with zero attached hydrogens (tertiary/aromatic N) is 1. The highest BCUT2D eigenvalue weighted by atomic mass is 16.1. The van der Waals surface area contributed by atoms with Gasteiger partial charge in [-0.2, -0.15) is 0 Å². The van der Waals surface area contributed by atoms with Crippen LogP contribution in [0.4, 0.5) is 0 Å². The summed E-state index contributed by atoms with van der Waals surface area (Å²) in [5, 5.41) is 4.39. The summed E-state index contributed by atoms with van der Waals surface area (Å²) in [6.07, 6.45) is 7.33. The lowest BCUT2D eigenvalue weighted by Gasteiger charge is -2.35. The van der Waals surface area contributed by atoms with Crippen molar-refractivity contribution in [2.75, 3.05) is 19.6 Å². The molecule has 1 aromatic heterocycles. The molecule has 1 atom stereocenters. The third kappa shape index (κ3) is 3.52. The van der Waals surface area contributed by atoms with Crippen molar-refractivity contribution >= 4 is 16.8 Å². The summed E-state index contributed by atoms with van der Waals surface area (Å²) in [7, 11) is 0. The van der Waals surface area contributed by atoms with Gasteiger partial charge in [-0.15, -0.1) is 0 Å². The molecule has 1 fully saturated rings. The van der Waals surface area contributed by atoms with Crippen molar-refractivity contribution in [3.63, 3.8) is 0 Å². The average molecular weight is 354 g/mol. The maximum atomic E-state index is 12.7. The number of piperidine rings is 1. The highest BCUT2D eigenvalue weighted by Crippen LogP contribution is 2.29. The first-order chi connectivity index (χ1) is 12.6. The summed E-state index contributed by atoms with van der Waals surface area (Å²) in [6, 6.07) is 6.50. The Morgan fingerprint density at radius 3 is 2.85 bits per heavy atom. The molecule has 1 aliphatic carbocycles. The molecule has 0 spiro atoms. The van der Waals surface area contributed by atoms with Gasteiger partial charge in [0, 0.05) is 34.7 Å². The average Bonchev–Trinajstić information content (AvgIpc) is 3.04. The van der Waals surface area contributed by atoms with E-state index in [4.69, 9.17) is 0 Å². The monoisotopic (exact) mass is 353 g/mol. The van der Waals surface area contributed by atoms with Gasteiger partial charge in [-0.25, -0.2) is 0 Å². The van der Waals surface area contributed by atoms with Gasteiger partial charge in [0.15, 0.2) is 0 Å². The number of H-pyrrole nitrogens is 1. The number of aromatic nitrogens is 1. The van der Waals surface area contributed by atoms with E-state index in [0.717, 1.165) is 44.0 Å². The van der Waals surface area contributed by atoms with Gasteiger partial charge in [0.2, 0.25) is 0 Å². The second-order valence-electron chi connectivity index (χ2n) is 8.33. The Balaban J connectivity index is 1.41. The van der Waals surface area contributed by atoms with Crippen LogP contribution in [0.5, 0.6) is 0 Å². The number of carbonyl (C=O) groups is 1. The summed E-state index contributed by atoms with van der Waals surface area (Å²) in [5.74, 6) is 0.891. The Labute approximate surface area is 156 Å². The number of nitrogens with one attached hydrogen (secondary N) is 2. The number of aromatic amines is 1. The van der Waals surface area contributed by atoms with E-state index in [1.165, 1.54) is 47.8 Å². The van der Waals surface area contributed by atoms with Gasteiger partial charge in [-0.3, -0.25) is 9.69 Å². The Morgan fingerprint density at radius 1 is 1.27 bits per heavy atom. The van der Waals surface area contributed by atoms with Crippen molar-refractivity contribution in [1.29, 1.82) is 0 Å². The van der Waals surface area contributed by atoms with Crippen LogP contribution in [0, 0.1) is 5.92 Å². The van der Waals surface area contributed by atoms with E-state index in [0.29, 0.717) is 6.04 Å². The summed E-state index contributed by atoms with van der Waals surface area (Å²) in [5.41, 5.74) is 4.75. The van der Waals surface area contributed by atoms with Crippen molar-refractivity contribution < 1.29 is 4.79 Å². The predicted octanol–water partition coefficient (Wildman–Crippen LogP) is 3.90. The summed E-state index contributed by atoms with van der Waals surface area (Å²) in [4.78, 5) is 18.7. The van der Waals surface area contributed by atoms with E-state index >= 15 is 0 Å². The third-order valence-electron chi connectivity index (χ3n) is 6.36. The first kappa shape index (κ1) is 17.6. The van der Waals surface area contributed by atoms with Crippen LogP contribution in [0.25, 0.3) is 10.9 Å². The zero-order valence-electron chi connectivity index (χ0n) is 16.1. The number of hydrogen-bond donors (Lipinski definition) is 2. The van der Waals surface area contributed by atoms with Crippen LogP contribution in [0.1, 0.15) is 61.1 Å². The van der Waals surface area contributed by atoms with Crippen LogP contribution >= 0.6 is 0 Å². The van der Waals surface area contributed by atoms with E-state index < -0.39 is 0 Å². The van der Waals surface area contributed by atoms with Gasteiger partial charge in [0.25, 0.3) is 5.91 Å². The number of rotatable bonds is 4. The number of fused-ring (bicyclic) bond motifs is 3. The fraction of sp³-hybridized carbons (Fsp3) is 0.591. The number of carbonyl (C=O) groups excluding carboxylic acids is 1. The Bertz CT molecular complexity index is 786. The molecule has 4 heteroatoms. The molecule has 4 rings (SSSR count). The van der Waals surface area contributed by atoms with Crippen LogP contribution in [-0.2, 0) is 12.8 Å². The summed E-state index contributed by atoms with van der Waals surface area (Å²) >= 11 is 0. The fourth-order valence-electron chi connectivity index (χ4n) is 4.49. The fourth-order valence-corrected chi connectivity index (χ4v) is 4.49. The van der Waals surface area contributed by atoms with E-state index in [2.05, 4.69) is 41.2 Å². The molecule has 2 heterocycles. The summed E-state index contributed by atoms with van der Waals surface area (Å²) < 4.78 is 0. The first-order valence-corrected chi connectivity index (χ1v) is 10.3. The molecule has 0 saturated carbocycles. The minimum Gasteiger partial charge on any atom is -0.358 e. The molecule has 0 bridgehead atoms. The van der Waals surface area contributed by atoms with Crippen LogP contribution < -0.4 is 5.32 Å². The number of hydrogen-bond acceptors (Lipinski definition) is 2. The van der Waals surface area contributed by atoms with Crippen LogP contribution in [0.2, 0.25) is 0 Å². The number of benzene rings is 1. The lowest BCUT2D eigenvalue weighted by Crippen LogP contribution is -2.45. The van der Waals surface area contributed by atoms with Gasteiger partial charge < -0.3 is 10.3 Å². The van der Waals surface area contributed by atoms with Crippen molar-refractivity contribution in [2.45, 2.75) is 58.4 Å². The Morgan fingerprint density at radius 2 is 2.04 bits per heavy atom. The Kier molecular flexibility index (Phi) is 5.03. The highest BCUT2D eigenvalue weighted by molar-refractivity contribution is 5.99. The molecule has 2 aliphatic rings. The Hall–Kier alpha value is -1.81. The van der Waals surface area contributed by atoms with E-state index in [1.54, 1.807) is 0 Å². The van der Waals surface area contributed by atoms with Gasteiger partial charge >= 0.3 is 0 Å². The molecular weight excluding hydrogens is 322 g/mol. The van der Waals surface area contributed by atoms with Crippen LogP contribution in [0.3, 0.4) is 0 Å². The van der Waals surface area contributed by atoms with Gasteiger partial charge in [0.1, 0.15) is 0 Å². The molecule has 1 amide bonds. The number of likely N-dealkylation sites (tertiary alicyclic amines) is 1. The molecule has 1 unspecified atom stereocenters. The number of amides is 1. The maximum Gasteiger partial charge on any atom is 0.251 e. The molecule has 1 aromatic carbocycles. The quantitative estimate of drug-likeness (QED) is 0.876. The van der Waals surface area contributed by atoms with Gasteiger partial charge in [0.05, 0.1) is 0 Å². The standard InChI is InChI=1S/C22H31N3O/c1-15-9-11-25(12-10-15)16(2)14-23-22(26)17-7-8-21-19(13-17)18-5-3-4-6-20(18)24-21/h7-8,13,15-16,24H,3-6,9-12,14H2,1-2H3,(H,23,26). The van der Waals surface area contributed by atoms with Crippen molar-refractivity contribution in [3.05, 3.63) is 35.0 Å². The minimum absolute atomic E-state index is 0.0508. The molecule has 4 nitrogen and oxygen atoms in total. The molecular formula is C22H31N3O. The van der Waals surface area contributed by atoms with E-state index in [1.807, 2.05) is 6.07 Å². The molecule has 1 saturated heterocycles. The first-order valence-electron chi connectivity index (χ1n) is 10.3. The molecule has 2 N–H and O–H groups in total. The second kappa shape index (κ2) is 7.43.